The second kappa shape index (κ2) is 7.25. The molecule has 0 saturated heterocycles. The van der Waals surface area contributed by atoms with Gasteiger partial charge in [-0.15, -0.1) is 0 Å². The molecule has 3 aromatic rings. The first-order chi connectivity index (χ1) is 11.7. The van der Waals surface area contributed by atoms with Crippen LogP contribution in [-0.4, -0.2) is 32.4 Å². The predicted molar refractivity (Wildman–Crippen MR) is 90.1 cm³/mol. The highest BCUT2D eigenvalue weighted by molar-refractivity contribution is 6.30. The van der Waals surface area contributed by atoms with E-state index in [2.05, 4.69) is 15.4 Å². The number of benzene rings is 2. The molecule has 6 nitrogen and oxygen atoms in total. The van der Waals surface area contributed by atoms with E-state index in [-0.39, 0.29) is 12.5 Å². The van der Waals surface area contributed by atoms with Gasteiger partial charge in [0.25, 0.3) is 5.91 Å². The number of nitrogens with one attached hydrogen (secondary N) is 1. The molecule has 1 aromatic heterocycles. The zero-order valence-corrected chi connectivity index (χ0v) is 13.4. The quantitative estimate of drug-likeness (QED) is 0.746. The van der Waals surface area contributed by atoms with Crippen molar-refractivity contribution in [2.45, 2.75) is 6.04 Å². The Morgan fingerprint density at radius 1 is 1.17 bits per heavy atom. The second-order valence-electron chi connectivity index (χ2n) is 5.15. The Kier molecular flexibility index (Phi) is 4.88. The number of rotatable bonds is 5. The maximum absolute atomic E-state index is 12.4. The number of hydrogen-bond donors (Lipinski definition) is 2. The van der Waals surface area contributed by atoms with Gasteiger partial charge in [-0.1, -0.05) is 23.7 Å². The van der Waals surface area contributed by atoms with Crippen molar-refractivity contribution in [2.75, 3.05) is 6.61 Å². The molecule has 2 N–H and O–H groups in total. The van der Waals surface area contributed by atoms with Crippen LogP contribution in [0.2, 0.25) is 5.02 Å². The highest BCUT2D eigenvalue weighted by Crippen LogP contribution is 2.17. The maximum atomic E-state index is 12.4. The van der Waals surface area contributed by atoms with Gasteiger partial charge in [0.05, 0.1) is 18.3 Å². The van der Waals surface area contributed by atoms with E-state index >= 15 is 0 Å². The van der Waals surface area contributed by atoms with Crippen LogP contribution >= 0.6 is 11.6 Å². The molecule has 7 heteroatoms. The minimum atomic E-state index is -0.496. The Balaban J connectivity index is 1.72. The SMILES string of the molecule is O=C(NC(CO)c1ccc(Cl)cc1)c1ccc(-n2cncn2)cc1. The average molecular weight is 343 g/mol. The lowest BCUT2D eigenvalue weighted by molar-refractivity contribution is 0.0916. The van der Waals surface area contributed by atoms with Crippen LogP contribution in [0.4, 0.5) is 0 Å². The summed E-state index contributed by atoms with van der Waals surface area (Å²) in [6, 6.07) is 13.4. The third-order valence-corrected chi connectivity index (χ3v) is 3.83. The van der Waals surface area contributed by atoms with E-state index in [4.69, 9.17) is 11.6 Å². The molecule has 122 valence electrons. The molecule has 0 bridgehead atoms. The maximum Gasteiger partial charge on any atom is 0.251 e. The van der Waals surface area contributed by atoms with Gasteiger partial charge in [0.15, 0.2) is 0 Å². The molecular weight excluding hydrogens is 328 g/mol. The summed E-state index contributed by atoms with van der Waals surface area (Å²) in [7, 11) is 0. The minimum Gasteiger partial charge on any atom is -0.394 e. The number of amides is 1. The third-order valence-electron chi connectivity index (χ3n) is 3.57. The summed E-state index contributed by atoms with van der Waals surface area (Å²) < 4.78 is 1.60. The first-order valence-electron chi connectivity index (χ1n) is 7.29. The van der Waals surface area contributed by atoms with Crippen molar-refractivity contribution in [3.05, 3.63) is 77.3 Å². The number of halogens is 1. The Hall–Kier alpha value is -2.70. The first kappa shape index (κ1) is 16.2. The van der Waals surface area contributed by atoms with Crippen LogP contribution in [0.3, 0.4) is 0 Å². The van der Waals surface area contributed by atoms with Crippen LogP contribution in [0, 0.1) is 0 Å². The number of aliphatic hydroxyl groups is 1. The van der Waals surface area contributed by atoms with Crippen molar-refractivity contribution in [1.29, 1.82) is 0 Å². The van der Waals surface area contributed by atoms with Crippen LogP contribution in [0.5, 0.6) is 0 Å². The molecule has 1 atom stereocenters. The van der Waals surface area contributed by atoms with Crippen molar-refractivity contribution in [1.82, 2.24) is 20.1 Å². The number of carbonyl (C=O) groups excluding carboxylic acids is 1. The summed E-state index contributed by atoms with van der Waals surface area (Å²) in [5.74, 6) is -0.269. The van der Waals surface area contributed by atoms with E-state index < -0.39 is 6.04 Å². The highest BCUT2D eigenvalue weighted by Gasteiger charge is 2.15. The van der Waals surface area contributed by atoms with Gasteiger partial charge in [0.2, 0.25) is 0 Å². The molecular formula is C17H15ClN4O2. The van der Waals surface area contributed by atoms with E-state index in [1.54, 1.807) is 59.5 Å². The number of aliphatic hydroxyl groups excluding tert-OH is 1. The second-order valence-corrected chi connectivity index (χ2v) is 5.58. The molecule has 0 radical (unpaired) electrons. The molecule has 0 aliphatic rings. The molecule has 1 amide bonds. The molecule has 0 aliphatic heterocycles. The molecule has 3 rings (SSSR count). The summed E-state index contributed by atoms with van der Waals surface area (Å²) in [6.07, 6.45) is 3.02. The van der Waals surface area contributed by atoms with Crippen LogP contribution in [0.1, 0.15) is 22.0 Å². The van der Waals surface area contributed by atoms with Crippen LogP contribution in [0.25, 0.3) is 5.69 Å². The Morgan fingerprint density at radius 2 is 1.88 bits per heavy atom. The molecule has 2 aromatic carbocycles. The Labute approximate surface area is 143 Å². The smallest absolute Gasteiger partial charge is 0.251 e. The van der Waals surface area contributed by atoms with Crippen LogP contribution < -0.4 is 5.32 Å². The van der Waals surface area contributed by atoms with Crippen molar-refractivity contribution in [3.63, 3.8) is 0 Å². The highest BCUT2D eigenvalue weighted by atomic mass is 35.5. The fraction of sp³-hybridized carbons (Fsp3) is 0.118. The molecule has 24 heavy (non-hydrogen) atoms. The van der Waals surface area contributed by atoms with Crippen molar-refractivity contribution >= 4 is 17.5 Å². The first-order valence-corrected chi connectivity index (χ1v) is 7.67. The predicted octanol–water partition coefficient (Wildman–Crippen LogP) is 2.38. The van der Waals surface area contributed by atoms with Gasteiger partial charge in [-0.25, -0.2) is 9.67 Å². The zero-order valence-electron chi connectivity index (χ0n) is 12.6. The number of carbonyl (C=O) groups is 1. The lowest BCUT2D eigenvalue weighted by atomic mass is 10.1. The summed E-state index contributed by atoms with van der Waals surface area (Å²) >= 11 is 5.86. The standard InChI is InChI=1S/C17H15ClN4O2/c18-14-5-1-12(2-6-14)16(9-23)21-17(24)13-3-7-15(8-4-13)22-11-19-10-20-22/h1-8,10-11,16,23H,9H2,(H,21,24). The van der Waals surface area contributed by atoms with Crippen molar-refractivity contribution < 1.29 is 9.90 Å². The third kappa shape index (κ3) is 3.61. The number of nitrogens with zero attached hydrogens (tertiary/aromatic N) is 3. The van der Waals surface area contributed by atoms with E-state index in [0.29, 0.717) is 10.6 Å². The van der Waals surface area contributed by atoms with Gasteiger partial charge in [-0.2, -0.15) is 5.10 Å². The molecule has 0 saturated carbocycles. The molecule has 0 fully saturated rings. The van der Waals surface area contributed by atoms with Gasteiger partial charge in [-0.05, 0) is 42.0 Å². The fourth-order valence-corrected chi connectivity index (χ4v) is 2.40. The van der Waals surface area contributed by atoms with Gasteiger partial charge in [0.1, 0.15) is 12.7 Å². The zero-order chi connectivity index (χ0) is 16.9. The summed E-state index contributed by atoms with van der Waals surface area (Å²) in [5, 5.41) is 17.0. The molecule has 0 spiro atoms. The normalized spacial score (nSPS) is 11.9. The average Bonchev–Trinajstić information content (AvgIpc) is 3.15. The fourth-order valence-electron chi connectivity index (χ4n) is 2.28. The Morgan fingerprint density at radius 3 is 2.46 bits per heavy atom. The largest absolute Gasteiger partial charge is 0.394 e. The summed E-state index contributed by atoms with van der Waals surface area (Å²) in [5.41, 5.74) is 2.08. The van der Waals surface area contributed by atoms with Crippen molar-refractivity contribution in [2.24, 2.45) is 0 Å². The van der Waals surface area contributed by atoms with Crippen LogP contribution in [0.15, 0.2) is 61.2 Å². The van der Waals surface area contributed by atoms with E-state index in [1.807, 2.05) is 0 Å². The van der Waals surface area contributed by atoms with Gasteiger partial charge >= 0.3 is 0 Å². The van der Waals surface area contributed by atoms with Gasteiger partial charge < -0.3 is 10.4 Å². The van der Waals surface area contributed by atoms with Gasteiger partial charge in [-0.3, -0.25) is 4.79 Å². The molecule has 1 unspecified atom stereocenters. The Bertz CT molecular complexity index is 802. The molecule has 0 aliphatic carbocycles. The van der Waals surface area contributed by atoms with E-state index in [1.165, 1.54) is 6.33 Å². The number of hydrogen-bond acceptors (Lipinski definition) is 4. The monoisotopic (exact) mass is 342 g/mol. The topological polar surface area (TPSA) is 80.0 Å². The van der Waals surface area contributed by atoms with E-state index in [0.717, 1.165) is 11.3 Å². The van der Waals surface area contributed by atoms with Gasteiger partial charge in [0, 0.05) is 10.6 Å². The van der Waals surface area contributed by atoms with E-state index in [9.17, 15) is 9.90 Å². The lowest BCUT2D eigenvalue weighted by Gasteiger charge is -2.17. The minimum absolute atomic E-state index is 0.204. The molecule has 1 heterocycles. The lowest BCUT2D eigenvalue weighted by Crippen LogP contribution is -2.30. The van der Waals surface area contributed by atoms with Crippen molar-refractivity contribution in [3.8, 4) is 5.69 Å². The number of aromatic nitrogens is 3. The summed E-state index contributed by atoms with van der Waals surface area (Å²) in [6.45, 7) is -0.204. The van der Waals surface area contributed by atoms with Crippen LogP contribution in [-0.2, 0) is 0 Å². The summed E-state index contributed by atoms with van der Waals surface area (Å²) in [4.78, 5) is 16.3.